The Labute approximate surface area is 363 Å². The Morgan fingerprint density at radius 3 is 1.18 bits per heavy atom. The van der Waals surface area contributed by atoms with Gasteiger partial charge in [-0.15, -0.1) is 0 Å². The molecule has 4 saturated heterocycles. The van der Waals surface area contributed by atoms with Crippen LogP contribution >= 0.6 is 0 Å². The maximum absolute atomic E-state index is 12.3. The number of rotatable bonds is 21. The zero-order chi connectivity index (χ0) is 45.8. The topological polar surface area (TPSA) is 274 Å². The number of carbonyl (C=O) groups excluding carboxylic acids is 3. The number of esters is 3. The third-order valence-electron chi connectivity index (χ3n) is 11.6. The predicted molar refractivity (Wildman–Crippen MR) is 212 cm³/mol. The van der Waals surface area contributed by atoms with Crippen molar-refractivity contribution in [1.82, 2.24) is 0 Å². The van der Waals surface area contributed by atoms with Gasteiger partial charge in [0.1, 0.15) is 54.9 Å². The minimum Gasteiger partial charge on any atom is -0.457 e. The molecule has 0 radical (unpaired) electrons. The van der Waals surface area contributed by atoms with Crippen LogP contribution in [-0.2, 0) is 66.5 Å². The van der Waals surface area contributed by atoms with Crippen molar-refractivity contribution in [1.29, 1.82) is 0 Å². The van der Waals surface area contributed by atoms with Gasteiger partial charge in [0.2, 0.25) is 0 Å². The van der Waals surface area contributed by atoms with Crippen LogP contribution in [-0.4, -0.2) is 178 Å². The van der Waals surface area contributed by atoms with Gasteiger partial charge in [-0.3, -0.25) is 14.4 Å². The molecular weight excluding hydrogens is 824 g/mol. The molecule has 4 fully saturated rings. The van der Waals surface area contributed by atoms with Crippen LogP contribution in [0.1, 0.15) is 120 Å². The van der Waals surface area contributed by atoms with Crippen LogP contribution in [0.4, 0.5) is 0 Å². The van der Waals surface area contributed by atoms with Gasteiger partial charge >= 0.3 is 17.9 Å². The summed E-state index contributed by atoms with van der Waals surface area (Å²) in [6, 6.07) is 0. The minimum absolute atomic E-state index is 0.314. The highest BCUT2D eigenvalue weighted by molar-refractivity contribution is 5.67. The first-order valence-corrected chi connectivity index (χ1v) is 22.2. The second-order valence-corrected chi connectivity index (χ2v) is 16.9. The molecular formula is C42H72O20. The minimum atomic E-state index is -1.87. The Morgan fingerprint density at radius 1 is 0.403 bits per heavy atom. The highest BCUT2D eigenvalue weighted by Gasteiger charge is 2.56. The first-order valence-electron chi connectivity index (χ1n) is 22.2. The summed E-state index contributed by atoms with van der Waals surface area (Å²) in [5.41, 5.74) is 0. The van der Waals surface area contributed by atoms with Gasteiger partial charge in [0, 0.05) is 27.4 Å². The zero-order valence-corrected chi connectivity index (χ0v) is 37.2. The highest BCUT2D eigenvalue weighted by Crippen LogP contribution is 2.36. The summed E-state index contributed by atoms with van der Waals surface area (Å²) in [5, 5.41) is 67.4. The van der Waals surface area contributed by atoms with E-state index in [9.17, 15) is 45.0 Å². The van der Waals surface area contributed by atoms with E-state index in [-0.39, 0.29) is 0 Å². The van der Waals surface area contributed by atoms with Crippen LogP contribution < -0.4 is 0 Å². The van der Waals surface area contributed by atoms with E-state index in [1.807, 2.05) is 0 Å². The van der Waals surface area contributed by atoms with Crippen LogP contribution in [0.25, 0.3) is 0 Å². The van der Waals surface area contributed by atoms with Gasteiger partial charge < -0.3 is 82.7 Å². The molecule has 4 aliphatic heterocycles. The average Bonchev–Trinajstić information content (AvgIpc) is 3.20. The van der Waals surface area contributed by atoms with Gasteiger partial charge in [0.25, 0.3) is 0 Å². The van der Waals surface area contributed by atoms with Gasteiger partial charge in [-0.1, -0.05) is 64.7 Å². The zero-order valence-electron chi connectivity index (χ0n) is 37.2. The Balaban J connectivity index is 1.42. The van der Waals surface area contributed by atoms with E-state index in [4.69, 9.17) is 52.1 Å². The molecule has 0 aliphatic carbocycles. The van der Waals surface area contributed by atoms with E-state index in [1.165, 1.54) is 59.3 Å². The second-order valence-electron chi connectivity index (χ2n) is 16.9. The molecule has 0 aromatic carbocycles. The third-order valence-corrected chi connectivity index (χ3v) is 11.6. The van der Waals surface area contributed by atoms with Crippen molar-refractivity contribution in [3.05, 3.63) is 0 Å². The van der Waals surface area contributed by atoms with Crippen molar-refractivity contribution >= 4 is 17.9 Å². The van der Waals surface area contributed by atoms with Crippen LogP contribution in [0.3, 0.4) is 0 Å². The van der Waals surface area contributed by atoms with E-state index >= 15 is 0 Å². The lowest BCUT2D eigenvalue weighted by atomic mass is 9.95. The van der Waals surface area contributed by atoms with Gasteiger partial charge in [-0.25, -0.2) is 0 Å². The summed E-state index contributed by atoms with van der Waals surface area (Å²) in [7, 11) is 0. The highest BCUT2D eigenvalue weighted by atomic mass is 16.8. The molecule has 360 valence electrons. The fraction of sp³-hybridized carbons (Fsp3) is 0.929. The summed E-state index contributed by atoms with van der Waals surface area (Å²) in [5.74, 6) is -2.27. The number of unbranched alkanes of at least 4 members (excludes halogenated alkanes) is 9. The molecule has 62 heavy (non-hydrogen) atoms. The van der Waals surface area contributed by atoms with E-state index in [2.05, 4.69) is 6.92 Å². The van der Waals surface area contributed by atoms with E-state index in [0.717, 1.165) is 46.5 Å². The van der Waals surface area contributed by atoms with E-state index in [0.29, 0.717) is 6.61 Å². The maximum atomic E-state index is 12.3. The number of carbonyl (C=O) groups is 3. The lowest BCUT2D eigenvalue weighted by Crippen LogP contribution is -2.67. The lowest BCUT2D eigenvalue weighted by Gasteiger charge is -2.49. The van der Waals surface area contributed by atoms with Crippen LogP contribution in [0.5, 0.6) is 0 Å². The van der Waals surface area contributed by atoms with Crippen molar-refractivity contribution in [2.75, 3.05) is 6.61 Å². The molecule has 0 amide bonds. The Bertz CT molecular complexity index is 1370. The van der Waals surface area contributed by atoms with Gasteiger partial charge in [-0.2, -0.15) is 0 Å². The van der Waals surface area contributed by atoms with Gasteiger partial charge in [0.05, 0.1) is 24.4 Å². The van der Waals surface area contributed by atoms with Crippen molar-refractivity contribution < 1.29 is 97.1 Å². The molecule has 0 saturated carbocycles. The van der Waals surface area contributed by atoms with Crippen molar-refractivity contribution in [2.24, 2.45) is 0 Å². The summed E-state index contributed by atoms with van der Waals surface area (Å²) in [6.07, 6.45) is -17.1. The number of ether oxygens (including phenoxy) is 11. The maximum Gasteiger partial charge on any atom is 0.303 e. The molecule has 20 atom stereocenters. The molecule has 0 spiro atoms. The van der Waals surface area contributed by atoms with Crippen molar-refractivity contribution in [3.8, 4) is 0 Å². The molecule has 20 nitrogen and oxygen atoms in total. The van der Waals surface area contributed by atoms with Crippen molar-refractivity contribution in [3.63, 3.8) is 0 Å². The average molecular weight is 897 g/mol. The molecule has 4 rings (SSSR count). The summed E-state index contributed by atoms with van der Waals surface area (Å²) >= 11 is 0. The molecule has 0 aromatic rings. The first-order chi connectivity index (χ1) is 29.4. The molecule has 4 heterocycles. The summed E-state index contributed by atoms with van der Waals surface area (Å²) in [6.45, 7) is 11.9. The molecule has 0 unspecified atom stereocenters. The molecule has 0 aromatic heterocycles. The normalized spacial score (nSPS) is 41.3. The smallest absolute Gasteiger partial charge is 0.303 e. The standard InChI is InChI=1S/C42H72O20/c1-9-10-11-12-13-14-15-16-17-18-19-52-39-29(48)27(46)34(21(3)53-39)60-41-31(50)38(36(22(4)55-41)59-26(8)45)62-42-32(51)37(35(23(5)56-42)58-25(7)44)61-40-30(49)28(47)33(20(2)54-40)57-24(6)43/h20-23,27-42,46-51H,9-19H2,1-8H3/t20-,21-,22-,23-,27-,28-,29+,30+,31+,32+,33-,34-,35-,36-,37-,38-,39+,40-,41-,42-/m0/s1. The third kappa shape index (κ3) is 14.2. The quantitative estimate of drug-likeness (QED) is 0.0533. The van der Waals surface area contributed by atoms with E-state index < -0.39 is 141 Å². The fourth-order valence-electron chi connectivity index (χ4n) is 8.28. The SMILES string of the molecule is CCCCCCCCCCCCO[C@@H]1O[C@@H](C)[C@H](O[C@@H]2O[C@@H](C)[C@H](OC(C)=O)[C@@H](O[C@@H]3O[C@@H](C)[C@H](OC(C)=O)[C@@H](O[C@@H]4O[C@@H](C)[C@H](OC(C)=O)[C@@H](O)[C@H]4O)[C@H]3O)[C@H]2O)[C@@H](O)[C@H]1O. The summed E-state index contributed by atoms with van der Waals surface area (Å²) in [4.78, 5) is 36.1. The number of hydrogen-bond acceptors (Lipinski definition) is 20. The molecule has 0 bridgehead atoms. The fourth-order valence-corrected chi connectivity index (χ4v) is 8.28. The van der Waals surface area contributed by atoms with Crippen LogP contribution in [0.2, 0.25) is 0 Å². The van der Waals surface area contributed by atoms with Gasteiger partial charge in [-0.05, 0) is 34.1 Å². The molecule has 4 aliphatic rings. The number of aliphatic hydroxyl groups is 6. The summed E-state index contributed by atoms with van der Waals surface area (Å²) < 4.78 is 63.6. The number of hydrogen-bond donors (Lipinski definition) is 6. The molecule has 20 heteroatoms. The Hall–Kier alpha value is -2.15. The van der Waals surface area contributed by atoms with Gasteiger partial charge in [0.15, 0.2) is 43.5 Å². The Morgan fingerprint density at radius 2 is 0.726 bits per heavy atom. The Kier molecular flexibility index (Phi) is 21.1. The van der Waals surface area contributed by atoms with E-state index in [1.54, 1.807) is 6.92 Å². The van der Waals surface area contributed by atoms with Crippen molar-refractivity contribution in [2.45, 2.75) is 242 Å². The predicted octanol–water partition coefficient (Wildman–Crippen LogP) is 1.02. The second kappa shape index (κ2) is 24.9. The lowest BCUT2D eigenvalue weighted by molar-refractivity contribution is -0.384. The number of aliphatic hydroxyl groups excluding tert-OH is 6. The first kappa shape index (κ1) is 52.5. The largest absolute Gasteiger partial charge is 0.457 e. The monoisotopic (exact) mass is 896 g/mol. The van der Waals surface area contributed by atoms with Crippen LogP contribution in [0.15, 0.2) is 0 Å². The van der Waals surface area contributed by atoms with Crippen LogP contribution in [0, 0.1) is 0 Å². The molecule has 6 N–H and O–H groups in total.